The van der Waals surface area contributed by atoms with Crippen molar-refractivity contribution in [2.45, 2.75) is 32.6 Å². The SMILES string of the molecule is CCCCCc1nc(C=O)c(Cl)o1. The predicted octanol–water partition coefficient (Wildman–Crippen LogP) is 2.87. The van der Waals surface area contributed by atoms with Gasteiger partial charge in [-0.2, -0.15) is 0 Å². The van der Waals surface area contributed by atoms with Crippen molar-refractivity contribution in [1.29, 1.82) is 0 Å². The lowest BCUT2D eigenvalue weighted by Gasteiger charge is -1.92. The smallest absolute Gasteiger partial charge is 0.224 e. The molecular formula is C9H12ClNO2. The molecule has 0 N–H and O–H groups in total. The Morgan fingerprint density at radius 2 is 2.31 bits per heavy atom. The first kappa shape index (κ1) is 10.3. The van der Waals surface area contributed by atoms with Crippen LogP contribution in [-0.4, -0.2) is 11.3 Å². The Morgan fingerprint density at radius 3 is 2.85 bits per heavy atom. The Morgan fingerprint density at radius 1 is 1.54 bits per heavy atom. The minimum absolute atomic E-state index is 0.0986. The number of nitrogens with zero attached hydrogens (tertiary/aromatic N) is 1. The van der Waals surface area contributed by atoms with Gasteiger partial charge in [0.2, 0.25) is 5.22 Å². The highest BCUT2D eigenvalue weighted by Gasteiger charge is 2.09. The van der Waals surface area contributed by atoms with E-state index in [1.807, 2.05) is 0 Å². The zero-order valence-corrected chi connectivity index (χ0v) is 8.30. The van der Waals surface area contributed by atoms with Crippen molar-refractivity contribution in [3.8, 4) is 0 Å². The van der Waals surface area contributed by atoms with E-state index in [1.165, 1.54) is 0 Å². The summed E-state index contributed by atoms with van der Waals surface area (Å²) in [5, 5.41) is 0.0986. The molecule has 0 aliphatic carbocycles. The van der Waals surface area contributed by atoms with Gasteiger partial charge in [0.15, 0.2) is 17.9 Å². The van der Waals surface area contributed by atoms with Crippen LogP contribution in [0.5, 0.6) is 0 Å². The van der Waals surface area contributed by atoms with Crippen molar-refractivity contribution in [1.82, 2.24) is 4.98 Å². The molecule has 0 amide bonds. The fraction of sp³-hybridized carbons (Fsp3) is 0.556. The first-order valence-corrected chi connectivity index (χ1v) is 4.76. The molecule has 0 spiro atoms. The molecular weight excluding hydrogens is 190 g/mol. The van der Waals surface area contributed by atoms with Crippen LogP contribution in [0.15, 0.2) is 4.42 Å². The van der Waals surface area contributed by atoms with E-state index in [4.69, 9.17) is 16.0 Å². The molecule has 0 aliphatic rings. The number of hydrogen-bond donors (Lipinski definition) is 0. The third kappa shape index (κ3) is 2.84. The number of halogens is 1. The fourth-order valence-electron chi connectivity index (χ4n) is 1.06. The number of carbonyl (C=O) groups is 1. The number of rotatable bonds is 5. The molecule has 13 heavy (non-hydrogen) atoms. The van der Waals surface area contributed by atoms with E-state index in [1.54, 1.807) is 0 Å². The molecule has 1 aromatic rings. The molecule has 1 aromatic heterocycles. The minimum atomic E-state index is 0.0986. The molecule has 0 bridgehead atoms. The van der Waals surface area contributed by atoms with Crippen LogP contribution in [0.2, 0.25) is 5.22 Å². The van der Waals surface area contributed by atoms with E-state index >= 15 is 0 Å². The average molecular weight is 202 g/mol. The molecule has 0 saturated heterocycles. The lowest BCUT2D eigenvalue weighted by atomic mass is 10.2. The van der Waals surface area contributed by atoms with Crippen molar-refractivity contribution in [2.75, 3.05) is 0 Å². The zero-order valence-electron chi connectivity index (χ0n) is 7.55. The van der Waals surface area contributed by atoms with Gasteiger partial charge in [-0.05, 0) is 18.0 Å². The Hall–Kier alpha value is -0.830. The van der Waals surface area contributed by atoms with Gasteiger partial charge >= 0.3 is 0 Å². The monoisotopic (exact) mass is 201 g/mol. The van der Waals surface area contributed by atoms with Crippen LogP contribution < -0.4 is 0 Å². The number of aryl methyl sites for hydroxylation is 1. The van der Waals surface area contributed by atoms with Crippen molar-refractivity contribution in [3.05, 3.63) is 16.8 Å². The van der Waals surface area contributed by atoms with Gasteiger partial charge < -0.3 is 4.42 Å². The van der Waals surface area contributed by atoms with Gasteiger partial charge in [0.05, 0.1) is 0 Å². The van der Waals surface area contributed by atoms with Crippen LogP contribution in [0, 0.1) is 0 Å². The predicted molar refractivity (Wildman–Crippen MR) is 50.1 cm³/mol. The van der Waals surface area contributed by atoms with Crippen molar-refractivity contribution in [3.63, 3.8) is 0 Å². The van der Waals surface area contributed by atoms with E-state index in [2.05, 4.69) is 11.9 Å². The fourth-order valence-corrected chi connectivity index (χ4v) is 1.24. The highest BCUT2D eigenvalue weighted by Crippen LogP contribution is 2.16. The van der Waals surface area contributed by atoms with E-state index < -0.39 is 0 Å². The first-order chi connectivity index (χ1) is 6.27. The molecule has 0 atom stereocenters. The van der Waals surface area contributed by atoms with Gasteiger partial charge in [-0.3, -0.25) is 4.79 Å². The highest BCUT2D eigenvalue weighted by atomic mass is 35.5. The van der Waals surface area contributed by atoms with Crippen molar-refractivity contribution >= 4 is 17.9 Å². The summed E-state index contributed by atoms with van der Waals surface area (Å²) in [5.74, 6) is 0.556. The summed E-state index contributed by atoms with van der Waals surface area (Å²) < 4.78 is 5.08. The van der Waals surface area contributed by atoms with Crippen LogP contribution in [0.4, 0.5) is 0 Å². The maximum Gasteiger partial charge on any atom is 0.224 e. The molecule has 0 fully saturated rings. The summed E-state index contributed by atoms with van der Waals surface area (Å²) >= 11 is 5.60. The third-order valence-electron chi connectivity index (χ3n) is 1.76. The molecule has 3 nitrogen and oxygen atoms in total. The molecule has 72 valence electrons. The number of hydrogen-bond acceptors (Lipinski definition) is 3. The van der Waals surface area contributed by atoms with Gasteiger partial charge in [0, 0.05) is 6.42 Å². The number of aldehydes is 1. The summed E-state index contributed by atoms with van der Waals surface area (Å²) in [6.45, 7) is 2.12. The van der Waals surface area contributed by atoms with E-state index in [9.17, 15) is 4.79 Å². The van der Waals surface area contributed by atoms with Crippen LogP contribution in [0.1, 0.15) is 42.6 Å². The minimum Gasteiger partial charge on any atom is -0.429 e. The van der Waals surface area contributed by atoms with E-state index in [-0.39, 0.29) is 10.9 Å². The largest absolute Gasteiger partial charge is 0.429 e. The maximum atomic E-state index is 10.4. The summed E-state index contributed by atoms with van der Waals surface area (Å²) in [7, 11) is 0. The van der Waals surface area contributed by atoms with Crippen LogP contribution in [0.3, 0.4) is 0 Å². The van der Waals surface area contributed by atoms with Gasteiger partial charge in [-0.25, -0.2) is 4.98 Å². The topological polar surface area (TPSA) is 43.1 Å². The normalized spacial score (nSPS) is 10.3. The Labute approximate surface area is 82.1 Å². The highest BCUT2D eigenvalue weighted by molar-refractivity contribution is 6.30. The van der Waals surface area contributed by atoms with E-state index in [0.717, 1.165) is 25.7 Å². The standard InChI is InChI=1S/C9H12ClNO2/c1-2-3-4-5-8-11-7(6-12)9(10)13-8/h6H,2-5H2,1H3. The van der Waals surface area contributed by atoms with Crippen LogP contribution >= 0.6 is 11.6 Å². The van der Waals surface area contributed by atoms with Gasteiger partial charge in [-0.1, -0.05) is 19.8 Å². The second-order valence-corrected chi connectivity index (χ2v) is 3.18. The molecule has 0 aliphatic heterocycles. The lowest BCUT2D eigenvalue weighted by Crippen LogP contribution is -1.86. The van der Waals surface area contributed by atoms with Crippen molar-refractivity contribution < 1.29 is 9.21 Å². The maximum absolute atomic E-state index is 10.4. The summed E-state index contributed by atoms with van der Waals surface area (Å²) in [4.78, 5) is 14.3. The second kappa shape index (κ2) is 5.02. The molecule has 0 unspecified atom stereocenters. The molecule has 0 radical (unpaired) electrons. The van der Waals surface area contributed by atoms with Gasteiger partial charge in [0.25, 0.3) is 0 Å². The molecule has 0 aromatic carbocycles. The third-order valence-corrected chi connectivity index (χ3v) is 2.03. The van der Waals surface area contributed by atoms with Gasteiger partial charge in [0.1, 0.15) is 0 Å². The summed E-state index contributed by atoms with van der Waals surface area (Å²) in [6.07, 6.45) is 4.66. The van der Waals surface area contributed by atoms with Crippen LogP contribution in [0.25, 0.3) is 0 Å². The second-order valence-electron chi connectivity index (χ2n) is 2.84. The lowest BCUT2D eigenvalue weighted by molar-refractivity contribution is 0.111. The summed E-state index contributed by atoms with van der Waals surface area (Å²) in [5.41, 5.74) is 0.202. The average Bonchev–Trinajstić information content (AvgIpc) is 2.47. The molecule has 1 heterocycles. The number of oxazole rings is 1. The Kier molecular flexibility index (Phi) is 3.96. The van der Waals surface area contributed by atoms with Crippen molar-refractivity contribution in [2.24, 2.45) is 0 Å². The van der Waals surface area contributed by atoms with E-state index in [0.29, 0.717) is 12.2 Å². The Bertz CT molecular complexity index is 283. The number of carbonyl (C=O) groups excluding carboxylic acids is 1. The molecule has 0 saturated carbocycles. The van der Waals surface area contributed by atoms with Gasteiger partial charge in [-0.15, -0.1) is 0 Å². The molecule has 4 heteroatoms. The molecule has 1 rings (SSSR count). The van der Waals surface area contributed by atoms with Crippen LogP contribution in [-0.2, 0) is 6.42 Å². The quantitative estimate of drug-likeness (QED) is 0.544. The zero-order chi connectivity index (χ0) is 9.68. The first-order valence-electron chi connectivity index (χ1n) is 4.38. The number of aromatic nitrogens is 1. The summed E-state index contributed by atoms with van der Waals surface area (Å²) in [6, 6.07) is 0. The number of unbranched alkanes of at least 4 members (excludes halogenated alkanes) is 2. The Balaban J connectivity index is 2.52.